The molecule has 0 spiro atoms. The Morgan fingerprint density at radius 2 is 1.71 bits per heavy atom. The number of rotatable bonds is 2. The molecular weight excluding hydrogens is 380 g/mol. The lowest BCUT2D eigenvalue weighted by atomic mass is 9.44. The summed E-state index contributed by atoms with van der Waals surface area (Å²) < 4.78 is 0. The summed E-state index contributed by atoms with van der Waals surface area (Å²) in [5, 5.41) is 11.1. The first-order valence-corrected chi connectivity index (χ1v) is 12.4. The van der Waals surface area contributed by atoms with Crippen molar-refractivity contribution in [2.24, 2.45) is 34.5 Å². The van der Waals surface area contributed by atoms with Gasteiger partial charge in [-0.2, -0.15) is 0 Å². The summed E-state index contributed by atoms with van der Waals surface area (Å²) in [6, 6.07) is 10.3. The van der Waals surface area contributed by atoms with E-state index in [4.69, 9.17) is 0 Å². The van der Waals surface area contributed by atoms with Gasteiger partial charge in [0.2, 0.25) is 0 Å². The molecule has 166 valence electrons. The molecule has 0 bridgehead atoms. The van der Waals surface area contributed by atoms with E-state index in [9.17, 15) is 9.90 Å². The third-order valence-corrected chi connectivity index (χ3v) is 10.4. The zero-order valence-electron chi connectivity index (χ0n) is 19.4. The Morgan fingerprint density at radius 3 is 2.48 bits per heavy atom. The predicted molar refractivity (Wildman–Crippen MR) is 126 cm³/mol. The van der Waals surface area contributed by atoms with Gasteiger partial charge in [0.25, 0.3) is 0 Å². The van der Waals surface area contributed by atoms with Crippen molar-refractivity contribution in [3.8, 4) is 0 Å². The Labute approximate surface area is 187 Å². The van der Waals surface area contributed by atoms with E-state index < -0.39 is 5.60 Å². The fourth-order valence-electron chi connectivity index (χ4n) is 8.24. The average Bonchev–Trinajstić information content (AvgIpc) is 2.99. The highest BCUT2D eigenvalue weighted by Gasteiger charge is 2.63. The topological polar surface area (TPSA) is 37.3 Å². The monoisotopic (exact) mass is 418 g/mol. The van der Waals surface area contributed by atoms with E-state index in [1.54, 1.807) is 0 Å². The Balaban J connectivity index is 1.40. The molecule has 2 nitrogen and oxygen atoms in total. The quantitative estimate of drug-likeness (QED) is 0.549. The van der Waals surface area contributed by atoms with Crippen LogP contribution in [-0.2, 0) is 4.79 Å². The zero-order valence-corrected chi connectivity index (χ0v) is 19.4. The summed E-state index contributed by atoms with van der Waals surface area (Å²) in [5.74, 6) is 2.93. The molecule has 3 unspecified atom stereocenters. The van der Waals surface area contributed by atoms with Crippen molar-refractivity contribution in [3.05, 3.63) is 53.6 Å². The lowest BCUT2D eigenvalue weighted by Gasteiger charge is -2.61. The van der Waals surface area contributed by atoms with Crippen molar-refractivity contribution in [1.82, 2.24) is 0 Å². The van der Waals surface area contributed by atoms with E-state index in [1.165, 1.54) is 31.2 Å². The number of fused-ring (bicyclic) bond motifs is 5. The highest BCUT2D eigenvalue weighted by atomic mass is 16.3. The summed E-state index contributed by atoms with van der Waals surface area (Å²) in [6.07, 6.45) is 14.8. The molecule has 0 radical (unpaired) electrons. The van der Waals surface area contributed by atoms with Gasteiger partial charge in [-0.3, -0.25) is 4.79 Å². The lowest BCUT2D eigenvalue weighted by molar-refractivity contribution is -0.147. The fourth-order valence-corrected chi connectivity index (χ4v) is 8.24. The van der Waals surface area contributed by atoms with Crippen LogP contribution in [0.4, 0.5) is 0 Å². The molecule has 4 saturated carbocycles. The van der Waals surface area contributed by atoms with Gasteiger partial charge in [0.1, 0.15) is 0 Å². The smallest absolute Gasteiger partial charge is 0.159 e. The van der Waals surface area contributed by atoms with E-state index in [0.717, 1.165) is 31.3 Å². The average molecular weight is 419 g/mol. The van der Waals surface area contributed by atoms with Gasteiger partial charge in [-0.25, -0.2) is 0 Å². The number of aliphatic hydroxyl groups is 1. The minimum Gasteiger partial charge on any atom is -0.390 e. The molecule has 5 rings (SSSR count). The summed E-state index contributed by atoms with van der Waals surface area (Å²) >= 11 is 0. The second kappa shape index (κ2) is 7.44. The van der Waals surface area contributed by atoms with Crippen LogP contribution in [0.1, 0.15) is 77.7 Å². The maximum atomic E-state index is 13.0. The van der Waals surface area contributed by atoms with Gasteiger partial charge < -0.3 is 5.11 Å². The molecule has 0 heterocycles. The van der Waals surface area contributed by atoms with Crippen LogP contribution in [0.3, 0.4) is 0 Å². The number of hydrogen-bond acceptors (Lipinski definition) is 2. The van der Waals surface area contributed by atoms with E-state index in [0.29, 0.717) is 29.5 Å². The van der Waals surface area contributed by atoms with Gasteiger partial charge in [0.05, 0.1) is 5.60 Å². The first-order valence-electron chi connectivity index (χ1n) is 12.4. The molecule has 4 aliphatic carbocycles. The maximum Gasteiger partial charge on any atom is 0.159 e. The van der Waals surface area contributed by atoms with E-state index in [1.807, 2.05) is 18.2 Å². The van der Waals surface area contributed by atoms with E-state index >= 15 is 0 Å². The third kappa shape index (κ3) is 3.28. The first-order chi connectivity index (χ1) is 14.7. The van der Waals surface area contributed by atoms with Crippen molar-refractivity contribution in [1.29, 1.82) is 0 Å². The number of hydrogen-bond donors (Lipinski definition) is 1. The number of carbonyl (C=O) groups is 1. The van der Waals surface area contributed by atoms with Crippen molar-refractivity contribution in [3.63, 3.8) is 0 Å². The molecule has 1 aromatic rings. The number of ketones is 1. The number of benzene rings is 1. The molecule has 2 heteroatoms. The molecule has 0 aliphatic heterocycles. The minimum absolute atomic E-state index is 0.0684. The SMILES string of the molecule is C[C@]1(O)CCC2C3CC[C@H]4CC(=O)/C(=C\C=C\c5ccccc5)C[C@]4(C)C3CC[C@@]21C. The van der Waals surface area contributed by atoms with Crippen LogP contribution in [0, 0.1) is 34.5 Å². The van der Waals surface area contributed by atoms with Gasteiger partial charge in [-0.15, -0.1) is 0 Å². The second-order valence-corrected chi connectivity index (χ2v) is 11.7. The van der Waals surface area contributed by atoms with Crippen molar-refractivity contribution in [2.45, 2.75) is 77.7 Å². The van der Waals surface area contributed by atoms with Crippen LogP contribution >= 0.6 is 0 Å². The molecule has 7 atom stereocenters. The lowest BCUT2D eigenvalue weighted by Crippen LogP contribution is -2.56. The van der Waals surface area contributed by atoms with Crippen molar-refractivity contribution >= 4 is 11.9 Å². The zero-order chi connectivity index (χ0) is 21.9. The number of carbonyl (C=O) groups excluding carboxylic acids is 1. The highest BCUT2D eigenvalue weighted by Crippen LogP contribution is 2.68. The van der Waals surface area contributed by atoms with E-state index in [2.05, 4.69) is 51.1 Å². The van der Waals surface area contributed by atoms with Gasteiger partial charge >= 0.3 is 0 Å². The van der Waals surface area contributed by atoms with Gasteiger partial charge in [-0.05, 0) is 97.5 Å². The normalized spacial score (nSPS) is 46.1. The fraction of sp³-hybridized carbons (Fsp3) is 0.621. The van der Waals surface area contributed by atoms with Gasteiger partial charge in [-0.1, -0.05) is 62.4 Å². The van der Waals surface area contributed by atoms with E-state index in [-0.39, 0.29) is 10.8 Å². The van der Waals surface area contributed by atoms with Crippen LogP contribution < -0.4 is 0 Å². The Morgan fingerprint density at radius 1 is 0.968 bits per heavy atom. The highest BCUT2D eigenvalue weighted by molar-refractivity contribution is 5.97. The predicted octanol–water partition coefficient (Wildman–Crippen LogP) is 6.60. The molecular formula is C29H38O2. The third-order valence-electron chi connectivity index (χ3n) is 10.4. The largest absolute Gasteiger partial charge is 0.390 e. The Bertz CT molecular complexity index is 910. The Kier molecular flexibility index (Phi) is 5.09. The maximum absolute atomic E-state index is 13.0. The number of allylic oxidation sites excluding steroid dienone is 3. The minimum atomic E-state index is -0.518. The molecule has 31 heavy (non-hydrogen) atoms. The molecule has 4 aliphatic rings. The van der Waals surface area contributed by atoms with Crippen LogP contribution in [0.2, 0.25) is 0 Å². The standard InChI is InChI=1S/C29H38O2/c1-27-19-21(11-7-10-20-8-5-4-6-9-20)26(30)18-22(27)12-13-23-24(27)14-16-28(2)25(23)15-17-29(28,3)31/h4-11,22-25,31H,12-19H2,1-3H3/b10-7+,21-11-/t22-,23?,24?,25?,27-,28-,29-/m0/s1. The summed E-state index contributed by atoms with van der Waals surface area (Å²) in [4.78, 5) is 13.0. The van der Waals surface area contributed by atoms with Crippen LogP contribution in [-0.4, -0.2) is 16.5 Å². The van der Waals surface area contributed by atoms with Gasteiger partial charge in [0.15, 0.2) is 5.78 Å². The first kappa shape index (κ1) is 21.2. The number of Topliss-reactive ketones (excluding diaryl/α,β-unsaturated/α-hetero) is 1. The molecule has 0 saturated heterocycles. The molecule has 0 aromatic heterocycles. The molecule has 1 N–H and O–H groups in total. The summed E-state index contributed by atoms with van der Waals surface area (Å²) in [6.45, 7) is 6.94. The van der Waals surface area contributed by atoms with Crippen molar-refractivity contribution in [2.75, 3.05) is 0 Å². The van der Waals surface area contributed by atoms with Crippen LogP contribution in [0.25, 0.3) is 6.08 Å². The molecule has 1 aromatic carbocycles. The second-order valence-electron chi connectivity index (χ2n) is 11.7. The van der Waals surface area contributed by atoms with Gasteiger partial charge in [0, 0.05) is 6.42 Å². The Hall–Kier alpha value is -1.67. The van der Waals surface area contributed by atoms with Crippen LogP contribution in [0.15, 0.2) is 48.1 Å². The van der Waals surface area contributed by atoms with Crippen LogP contribution in [0.5, 0.6) is 0 Å². The van der Waals surface area contributed by atoms with Crippen molar-refractivity contribution < 1.29 is 9.90 Å². The molecule has 4 fully saturated rings. The molecule has 0 amide bonds. The summed E-state index contributed by atoms with van der Waals surface area (Å²) in [5.41, 5.74) is 1.97. The summed E-state index contributed by atoms with van der Waals surface area (Å²) in [7, 11) is 0.